The summed E-state index contributed by atoms with van der Waals surface area (Å²) in [7, 11) is 0. The Kier molecular flexibility index (Phi) is 4.11. The molecule has 3 N–H and O–H groups in total. The zero-order valence-electron chi connectivity index (χ0n) is 9.14. The van der Waals surface area contributed by atoms with Gasteiger partial charge in [0.15, 0.2) is 0 Å². The summed E-state index contributed by atoms with van der Waals surface area (Å²) >= 11 is 0. The third-order valence-corrected chi connectivity index (χ3v) is 1.99. The summed E-state index contributed by atoms with van der Waals surface area (Å²) < 4.78 is 13.4. The largest absolute Gasteiger partial charge is 0.350 e. The van der Waals surface area contributed by atoms with Gasteiger partial charge in [0.05, 0.1) is 16.6 Å². The van der Waals surface area contributed by atoms with E-state index in [0.717, 1.165) is 12.1 Å². The number of nitrogens with two attached hydrogens (primary N) is 1. The van der Waals surface area contributed by atoms with Crippen molar-refractivity contribution in [2.75, 3.05) is 6.54 Å². The lowest BCUT2D eigenvalue weighted by Gasteiger charge is -2.08. The molecule has 0 fully saturated rings. The van der Waals surface area contributed by atoms with Crippen molar-refractivity contribution in [1.82, 2.24) is 5.32 Å². The lowest BCUT2D eigenvalue weighted by Crippen LogP contribution is -2.35. The van der Waals surface area contributed by atoms with Gasteiger partial charge in [-0.1, -0.05) is 0 Å². The van der Waals surface area contributed by atoms with Gasteiger partial charge in [0.2, 0.25) is 0 Å². The maximum absolute atomic E-state index is 13.4. The van der Waals surface area contributed by atoms with Gasteiger partial charge in [0.1, 0.15) is 5.82 Å². The van der Waals surface area contributed by atoms with Crippen LogP contribution >= 0.6 is 0 Å². The van der Waals surface area contributed by atoms with Crippen LogP contribution in [0, 0.1) is 15.9 Å². The van der Waals surface area contributed by atoms with Crippen molar-refractivity contribution in [3.63, 3.8) is 0 Å². The van der Waals surface area contributed by atoms with E-state index in [-0.39, 0.29) is 18.2 Å². The van der Waals surface area contributed by atoms with Gasteiger partial charge >= 0.3 is 0 Å². The first-order valence-corrected chi connectivity index (χ1v) is 4.89. The predicted molar refractivity (Wildman–Crippen MR) is 59.0 cm³/mol. The third-order valence-electron chi connectivity index (χ3n) is 1.99. The second-order valence-electron chi connectivity index (χ2n) is 3.61. The first kappa shape index (κ1) is 13.0. The molecule has 0 aliphatic rings. The van der Waals surface area contributed by atoms with E-state index in [1.54, 1.807) is 6.92 Å². The van der Waals surface area contributed by atoms with E-state index in [0.29, 0.717) is 6.07 Å². The van der Waals surface area contributed by atoms with Crippen molar-refractivity contribution in [2.45, 2.75) is 13.0 Å². The number of rotatable bonds is 4. The van der Waals surface area contributed by atoms with E-state index >= 15 is 0 Å². The Morgan fingerprint density at radius 3 is 2.76 bits per heavy atom. The second kappa shape index (κ2) is 5.35. The van der Waals surface area contributed by atoms with Gasteiger partial charge in [-0.25, -0.2) is 4.39 Å². The molecule has 0 aromatic heterocycles. The van der Waals surface area contributed by atoms with Crippen LogP contribution < -0.4 is 11.1 Å². The molecule has 1 atom stereocenters. The number of nitro groups is 1. The van der Waals surface area contributed by atoms with Gasteiger partial charge in [0.25, 0.3) is 11.6 Å². The number of hydrogen-bond acceptors (Lipinski definition) is 4. The standard InChI is InChI=1S/C10H12FN3O3/c1-6(12)5-13-10(15)8-3-2-7(14(16)17)4-9(8)11/h2-4,6H,5,12H2,1H3,(H,13,15). The molecule has 7 heteroatoms. The molecule has 1 unspecified atom stereocenters. The lowest BCUT2D eigenvalue weighted by molar-refractivity contribution is -0.385. The van der Waals surface area contributed by atoms with Crippen LogP contribution in [-0.2, 0) is 0 Å². The minimum atomic E-state index is -0.929. The molecule has 0 bridgehead atoms. The Labute approximate surface area is 96.8 Å². The highest BCUT2D eigenvalue weighted by Crippen LogP contribution is 2.16. The summed E-state index contributed by atoms with van der Waals surface area (Å²) in [5.74, 6) is -1.57. The maximum Gasteiger partial charge on any atom is 0.272 e. The SMILES string of the molecule is CC(N)CNC(=O)c1ccc([N+](=O)[O-])cc1F. The quantitative estimate of drug-likeness (QED) is 0.602. The molecule has 6 nitrogen and oxygen atoms in total. The lowest BCUT2D eigenvalue weighted by atomic mass is 10.1. The fourth-order valence-corrected chi connectivity index (χ4v) is 1.15. The van der Waals surface area contributed by atoms with Gasteiger partial charge in [0, 0.05) is 18.7 Å². The molecular weight excluding hydrogens is 229 g/mol. The molecular formula is C10H12FN3O3. The molecule has 0 radical (unpaired) electrons. The zero-order valence-corrected chi connectivity index (χ0v) is 9.14. The summed E-state index contributed by atoms with van der Waals surface area (Å²) in [6.45, 7) is 1.89. The van der Waals surface area contributed by atoms with E-state index in [9.17, 15) is 19.3 Å². The molecule has 0 spiro atoms. The number of nitrogens with one attached hydrogen (secondary N) is 1. The average Bonchev–Trinajstić information content (AvgIpc) is 2.25. The maximum atomic E-state index is 13.4. The van der Waals surface area contributed by atoms with Crippen LogP contribution in [0.25, 0.3) is 0 Å². The van der Waals surface area contributed by atoms with Crippen molar-refractivity contribution in [3.8, 4) is 0 Å². The smallest absolute Gasteiger partial charge is 0.272 e. The van der Waals surface area contributed by atoms with Crippen LogP contribution in [-0.4, -0.2) is 23.4 Å². The molecule has 1 aromatic rings. The number of hydrogen-bond donors (Lipinski definition) is 2. The van der Waals surface area contributed by atoms with Crippen molar-refractivity contribution >= 4 is 11.6 Å². The highest BCUT2D eigenvalue weighted by atomic mass is 19.1. The van der Waals surface area contributed by atoms with E-state index in [1.165, 1.54) is 0 Å². The summed E-state index contributed by atoms with van der Waals surface area (Å²) in [5, 5.41) is 12.8. The Balaban J connectivity index is 2.85. The first-order chi connectivity index (χ1) is 7.91. The average molecular weight is 241 g/mol. The Morgan fingerprint density at radius 1 is 1.65 bits per heavy atom. The van der Waals surface area contributed by atoms with Crippen LogP contribution in [0.3, 0.4) is 0 Å². The van der Waals surface area contributed by atoms with Crippen molar-refractivity contribution in [3.05, 3.63) is 39.7 Å². The molecule has 17 heavy (non-hydrogen) atoms. The Bertz CT molecular complexity index is 448. The molecule has 0 aliphatic carbocycles. The molecule has 0 heterocycles. The van der Waals surface area contributed by atoms with E-state index < -0.39 is 22.3 Å². The number of nitrogens with zero attached hydrogens (tertiary/aromatic N) is 1. The molecule has 1 rings (SSSR count). The van der Waals surface area contributed by atoms with Crippen molar-refractivity contribution in [1.29, 1.82) is 0 Å². The van der Waals surface area contributed by atoms with Gasteiger partial charge in [-0.2, -0.15) is 0 Å². The van der Waals surface area contributed by atoms with E-state index in [1.807, 2.05) is 0 Å². The van der Waals surface area contributed by atoms with Gasteiger partial charge in [-0.05, 0) is 13.0 Å². The molecule has 0 saturated heterocycles. The fourth-order valence-electron chi connectivity index (χ4n) is 1.15. The highest BCUT2D eigenvalue weighted by molar-refractivity contribution is 5.94. The zero-order chi connectivity index (χ0) is 13.0. The topological polar surface area (TPSA) is 98.3 Å². The van der Waals surface area contributed by atoms with Gasteiger partial charge in [-0.15, -0.1) is 0 Å². The molecule has 1 aromatic carbocycles. The highest BCUT2D eigenvalue weighted by Gasteiger charge is 2.15. The van der Waals surface area contributed by atoms with E-state index in [4.69, 9.17) is 5.73 Å². The number of halogens is 1. The minimum Gasteiger partial charge on any atom is -0.350 e. The van der Waals surface area contributed by atoms with Crippen LogP contribution in [0.1, 0.15) is 17.3 Å². The number of carbonyl (C=O) groups excluding carboxylic acids is 1. The van der Waals surface area contributed by atoms with Crippen molar-refractivity contribution < 1.29 is 14.1 Å². The first-order valence-electron chi connectivity index (χ1n) is 4.89. The molecule has 0 saturated carbocycles. The number of nitro benzene ring substituents is 1. The van der Waals surface area contributed by atoms with Crippen LogP contribution in [0.5, 0.6) is 0 Å². The van der Waals surface area contributed by atoms with Crippen molar-refractivity contribution in [2.24, 2.45) is 5.73 Å². The number of carbonyl (C=O) groups is 1. The summed E-state index contributed by atoms with van der Waals surface area (Å²) in [6.07, 6.45) is 0. The van der Waals surface area contributed by atoms with Gasteiger partial charge in [-0.3, -0.25) is 14.9 Å². The summed E-state index contributed by atoms with van der Waals surface area (Å²) in [4.78, 5) is 21.1. The second-order valence-corrected chi connectivity index (χ2v) is 3.61. The van der Waals surface area contributed by atoms with Crippen LogP contribution in [0.2, 0.25) is 0 Å². The Morgan fingerprint density at radius 2 is 2.29 bits per heavy atom. The van der Waals surface area contributed by atoms with Crippen LogP contribution in [0.4, 0.5) is 10.1 Å². The Hall–Kier alpha value is -2.02. The monoisotopic (exact) mass is 241 g/mol. The fraction of sp³-hybridized carbons (Fsp3) is 0.300. The molecule has 92 valence electrons. The van der Waals surface area contributed by atoms with Gasteiger partial charge < -0.3 is 11.1 Å². The molecule has 1 amide bonds. The normalized spacial score (nSPS) is 11.9. The summed E-state index contributed by atoms with van der Waals surface area (Å²) in [5.41, 5.74) is 4.79. The van der Waals surface area contributed by atoms with E-state index in [2.05, 4.69) is 5.32 Å². The number of amides is 1. The third kappa shape index (κ3) is 3.49. The summed E-state index contributed by atoms with van der Waals surface area (Å²) in [6, 6.07) is 2.61. The minimum absolute atomic E-state index is 0.204. The predicted octanol–water partition coefficient (Wildman–Crippen LogP) is 0.811. The van der Waals surface area contributed by atoms with Crippen LogP contribution in [0.15, 0.2) is 18.2 Å². The molecule has 0 aliphatic heterocycles. The number of non-ortho nitro benzene ring substituents is 1. The number of benzene rings is 1.